The molecule has 0 atom stereocenters. The Morgan fingerprint density at radius 2 is 2.05 bits per heavy atom. The van der Waals surface area contributed by atoms with E-state index in [0.717, 1.165) is 39.3 Å². The first-order valence-electron chi connectivity index (χ1n) is 6.47. The molecule has 0 aliphatic carbocycles. The molecule has 3 nitrogen and oxygen atoms in total. The lowest BCUT2D eigenvalue weighted by Gasteiger charge is -2.03. The van der Waals surface area contributed by atoms with E-state index in [-0.39, 0.29) is 5.78 Å². The Labute approximate surface area is 118 Å². The quantitative estimate of drug-likeness (QED) is 0.871. The van der Waals surface area contributed by atoms with Gasteiger partial charge in [0.25, 0.3) is 0 Å². The molecule has 2 rings (SSSR count). The maximum Gasteiger partial charge on any atom is 0.179 e. The minimum Gasteiger partial charge on any atom is -0.347 e. The number of hydrogen-bond acceptors (Lipinski definition) is 2. The first-order valence-corrected chi connectivity index (χ1v) is 6.84. The number of ketones is 1. The lowest BCUT2D eigenvalue weighted by molar-refractivity contribution is 0.0992. The molecule has 1 heterocycles. The predicted molar refractivity (Wildman–Crippen MR) is 80.3 cm³/mol. The zero-order chi connectivity index (χ0) is 14.2. The number of carbonyl (C=O) groups is 1. The van der Waals surface area contributed by atoms with Gasteiger partial charge in [-0.3, -0.25) is 4.79 Å². The summed E-state index contributed by atoms with van der Waals surface area (Å²) in [6.07, 6.45) is 0. The largest absolute Gasteiger partial charge is 0.347 e. The average Bonchev–Trinajstić information content (AvgIpc) is 2.64. The van der Waals surface area contributed by atoms with Crippen LogP contribution in [0.15, 0.2) is 12.1 Å². The molecule has 19 heavy (non-hydrogen) atoms. The molecule has 102 valence electrons. The molecule has 1 aromatic heterocycles. The normalized spacial score (nSPS) is 11.2. The lowest BCUT2D eigenvalue weighted by atomic mass is 10.0. The van der Waals surface area contributed by atoms with Crippen LogP contribution >= 0.6 is 11.6 Å². The highest BCUT2D eigenvalue weighted by molar-refractivity contribution is 6.32. The molecule has 0 bridgehead atoms. The minimum atomic E-state index is 0.131. The highest BCUT2D eigenvalue weighted by Crippen LogP contribution is 2.31. The van der Waals surface area contributed by atoms with Gasteiger partial charge in [0.2, 0.25) is 0 Å². The molecule has 0 amide bonds. The van der Waals surface area contributed by atoms with Crippen LogP contribution in [0.2, 0.25) is 5.02 Å². The molecule has 0 spiro atoms. The third-order valence-electron chi connectivity index (χ3n) is 3.65. The summed E-state index contributed by atoms with van der Waals surface area (Å²) in [7, 11) is 1.98. The number of hydrogen-bond donors (Lipinski definition) is 1. The van der Waals surface area contributed by atoms with Gasteiger partial charge in [0.15, 0.2) is 5.78 Å². The maximum absolute atomic E-state index is 12.3. The molecule has 0 aliphatic rings. The van der Waals surface area contributed by atoms with E-state index in [1.54, 1.807) is 0 Å². The summed E-state index contributed by atoms with van der Waals surface area (Å²) in [5.41, 5.74) is 3.86. The van der Waals surface area contributed by atoms with Crippen molar-refractivity contribution in [3.8, 4) is 0 Å². The van der Waals surface area contributed by atoms with Gasteiger partial charge in [-0.25, -0.2) is 0 Å². The second-order valence-electron chi connectivity index (χ2n) is 4.79. The maximum atomic E-state index is 12.3. The highest BCUT2D eigenvalue weighted by atomic mass is 35.5. The monoisotopic (exact) mass is 278 g/mol. The van der Waals surface area contributed by atoms with E-state index >= 15 is 0 Å². The number of rotatable bonds is 4. The minimum absolute atomic E-state index is 0.131. The van der Waals surface area contributed by atoms with Gasteiger partial charge >= 0.3 is 0 Å². The van der Waals surface area contributed by atoms with E-state index in [1.165, 1.54) is 0 Å². The molecule has 1 N–H and O–H groups in total. The van der Waals surface area contributed by atoms with Gasteiger partial charge in [0.1, 0.15) is 0 Å². The van der Waals surface area contributed by atoms with Crippen LogP contribution in [0.1, 0.15) is 28.5 Å². The summed E-state index contributed by atoms with van der Waals surface area (Å²) in [5.74, 6) is 0.131. The van der Waals surface area contributed by atoms with E-state index in [1.807, 2.05) is 40.0 Å². The number of benzene rings is 1. The molecule has 0 unspecified atom stereocenters. The molecule has 0 aliphatic heterocycles. The van der Waals surface area contributed by atoms with E-state index in [0.29, 0.717) is 6.54 Å². The average molecular weight is 279 g/mol. The summed E-state index contributed by atoms with van der Waals surface area (Å²) in [6.45, 7) is 7.13. The Morgan fingerprint density at radius 1 is 1.37 bits per heavy atom. The van der Waals surface area contributed by atoms with Crippen LogP contribution in [-0.4, -0.2) is 23.4 Å². The van der Waals surface area contributed by atoms with Crippen molar-refractivity contribution < 1.29 is 4.79 Å². The number of halogens is 1. The molecule has 0 radical (unpaired) electrons. The number of likely N-dealkylation sites (N-methyl/N-ethyl adjacent to an activating group) is 1. The number of nitrogens with zero attached hydrogens (tertiary/aromatic N) is 1. The van der Waals surface area contributed by atoms with E-state index in [9.17, 15) is 4.79 Å². The molecule has 0 fully saturated rings. The van der Waals surface area contributed by atoms with Crippen molar-refractivity contribution in [2.75, 3.05) is 13.1 Å². The Kier molecular flexibility index (Phi) is 3.97. The first kappa shape index (κ1) is 14.1. The third kappa shape index (κ3) is 2.28. The van der Waals surface area contributed by atoms with Crippen LogP contribution in [0.3, 0.4) is 0 Å². The fraction of sp³-hybridized carbons (Fsp3) is 0.400. The topological polar surface area (TPSA) is 34.0 Å². The van der Waals surface area contributed by atoms with Gasteiger partial charge in [-0.15, -0.1) is 0 Å². The Hall–Kier alpha value is -1.32. The number of fused-ring (bicyclic) bond motifs is 1. The number of nitrogens with one attached hydrogen (secondary N) is 1. The van der Waals surface area contributed by atoms with E-state index < -0.39 is 0 Å². The Bertz CT molecular complexity index is 643. The summed E-state index contributed by atoms with van der Waals surface area (Å²) in [4.78, 5) is 12.3. The van der Waals surface area contributed by atoms with Crippen LogP contribution in [-0.2, 0) is 7.05 Å². The standard InChI is InChI=1S/C15H19ClN2O/c1-5-17-8-13(19)14-10(3)18(4)15-9(2)12(16)7-6-11(14)15/h6-7,17H,5,8H2,1-4H3. The summed E-state index contributed by atoms with van der Waals surface area (Å²) in [6, 6.07) is 3.81. The van der Waals surface area contributed by atoms with Crippen LogP contribution in [0.5, 0.6) is 0 Å². The molecular weight excluding hydrogens is 260 g/mol. The number of Topliss-reactive ketones (excluding diaryl/α,β-unsaturated/α-hetero) is 1. The SMILES string of the molecule is CCNCC(=O)c1c(C)n(C)c2c(C)c(Cl)ccc12. The smallest absolute Gasteiger partial charge is 0.179 e. The van der Waals surface area contributed by atoms with Crippen molar-refractivity contribution in [1.82, 2.24) is 9.88 Å². The van der Waals surface area contributed by atoms with Crippen LogP contribution in [0.25, 0.3) is 10.9 Å². The first-order chi connectivity index (χ1) is 8.99. The van der Waals surface area contributed by atoms with Crippen LogP contribution < -0.4 is 5.32 Å². The Morgan fingerprint density at radius 3 is 2.68 bits per heavy atom. The summed E-state index contributed by atoms with van der Waals surface area (Å²) in [5, 5.41) is 4.81. The zero-order valence-electron chi connectivity index (χ0n) is 11.8. The number of aryl methyl sites for hydroxylation is 2. The van der Waals surface area contributed by atoms with Gasteiger partial charge in [0.05, 0.1) is 12.1 Å². The van der Waals surface area contributed by atoms with Gasteiger partial charge in [-0.1, -0.05) is 24.6 Å². The molecule has 4 heteroatoms. The second-order valence-corrected chi connectivity index (χ2v) is 5.20. The van der Waals surface area contributed by atoms with Crippen LogP contribution in [0.4, 0.5) is 0 Å². The van der Waals surface area contributed by atoms with Crippen molar-refractivity contribution in [2.45, 2.75) is 20.8 Å². The van der Waals surface area contributed by atoms with Crippen molar-refractivity contribution in [2.24, 2.45) is 7.05 Å². The highest BCUT2D eigenvalue weighted by Gasteiger charge is 2.19. The number of aromatic nitrogens is 1. The predicted octanol–water partition coefficient (Wildman–Crippen LogP) is 3.24. The van der Waals surface area contributed by atoms with Gasteiger partial charge in [-0.05, 0) is 32.0 Å². The van der Waals surface area contributed by atoms with Crippen molar-refractivity contribution in [3.63, 3.8) is 0 Å². The fourth-order valence-corrected chi connectivity index (χ4v) is 2.67. The van der Waals surface area contributed by atoms with Crippen molar-refractivity contribution in [1.29, 1.82) is 0 Å². The summed E-state index contributed by atoms with van der Waals surface area (Å²) < 4.78 is 2.05. The van der Waals surface area contributed by atoms with E-state index in [4.69, 9.17) is 11.6 Å². The van der Waals surface area contributed by atoms with Gasteiger partial charge < -0.3 is 9.88 Å². The molecule has 0 saturated heterocycles. The summed E-state index contributed by atoms with van der Waals surface area (Å²) >= 11 is 6.17. The van der Waals surface area contributed by atoms with E-state index in [2.05, 4.69) is 9.88 Å². The van der Waals surface area contributed by atoms with Crippen LogP contribution in [0, 0.1) is 13.8 Å². The van der Waals surface area contributed by atoms with Crippen molar-refractivity contribution >= 4 is 28.3 Å². The lowest BCUT2D eigenvalue weighted by Crippen LogP contribution is -2.23. The van der Waals surface area contributed by atoms with Gasteiger partial charge in [0, 0.05) is 28.7 Å². The fourth-order valence-electron chi connectivity index (χ4n) is 2.52. The molecular formula is C15H19ClN2O. The number of carbonyl (C=O) groups excluding carboxylic acids is 1. The third-order valence-corrected chi connectivity index (χ3v) is 4.06. The molecule has 2 aromatic rings. The molecule has 0 saturated carbocycles. The zero-order valence-corrected chi connectivity index (χ0v) is 12.6. The van der Waals surface area contributed by atoms with Gasteiger partial charge in [-0.2, -0.15) is 0 Å². The Balaban J connectivity index is 2.66. The second kappa shape index (κ2) is 5.35. The van der Waals surface area contributed by atoms with Crippen molar-refractivity contribution in [3.05, 3.63) is 34.0 Å². The molecule has 1 aromatic carbocycles.